The van der Waals surface area contributed by atoms with Gasteiger partial charge in [0.15, 0.2) is 6.10 Å². The fourth-order valence-corrected chi connectivity index (χ4v) is 3.20. The Labute approximate surface area is 150 Å². The Balaban J connectivity index is 1.57. The van der Waals surface area contributed by atoms with Crippen LogP contribution in [0.4, 0.5) is 0 Å². The van der Waals surface area contributed by atoms with Crippen molar-refractivity contribution in [1.82, 2.24) is 9.88 Å². The number of amides is 1. The van der Waals surface area contributed by atoms with Crippen LogP contribution in [0.25, 0.3) is 0 Å². The summed E-state index contributed by atoms with van der Waals surface area (Å²) in [6.45, 7) is 3.42. The highest BCUT2D eigenvalue weighted by atomic mass is 32.1. The Morgan fingerprint density at radius 2 is 2.12 bits per heavy atom. The number of aromatic nitrogens is 1. The highest BCUT2D eigenvalue weighted by molar-refractivity contribution is 7.07. The zero-order chi connectivity index (χ0) is 17.6. The minimum Gasteiger partial charge on any atom is -0.487 e. The summed E-state index contributed by atoms with van der Waals surface area (Å²) in [6.07, 6.45) is 1.22. The highest BCUT2D eigenvalue weighted by Crippen LogP contribution is 2.17. The lowest BCUT2D eigenvalue weighted by atomic mass is 10.2. The average Bonchev–Trinajstić information content (AvgIpc) is 3.33. The third-order valence-corrected chi connectivity index (χ3v) is 4.62. The van der Waals surface area contributed by atoms with Crippen LogP contribution < -0.4 is 4.74 Å². The Kier molecular flexibility index (Phi) is 5.65. The molecule has 1 amide bonds. The summed E-state index contributed by atoms with van der Waals surface area (Å²) in [5.74, 6) is -0.109. The van der Waals surface area contributed by atoms with Gasteiger partial charge < -0.3 is 14.4 Å². The van der Waals surface area contributed by atoms with Crippen LogP contribution in [0.15, 0.2) is 35.2 Å². The summed E-state index contributed by atoms with van der Waals surface area (Å²) in [7, 11) is 0. The van der Waals surface area contributed by atoms with Crippen LogP contribution in [-0.2, 0) is 16.1 Å². The molecule has 1 aromatic heterocycles. The van der Waals surface area contributed by atoms with Gasteiger partial charge in [-0.2, -0.15) is 0 Å². The fraction of sp³-hybridized carbons (Fsp3) is 0.389. The van der Waals surface area contributed by atoms with E-state index in [1.165, 1.54) is 11.3 Å². The lowest BCUT2D eigenvalue weighted by molar-refractivity contribution is -0.138. The number of hydrogen-bond donors (Lipinski definition) is 0. The summed E-state index contributed by atoms with van der Waals surface area (Å²) in [5.41, 5.74) is 2.94. The number of rotatable bonds is 6. The molecular weight excluding hydrogens is 340 g/mol. The predicted molar refractivity (Wildman–Crippen MR) is 93.6 cm³/mol. The van der Waals surface area contributed by atoms with Crippen molar-refractivity contribution in [2.75, 3.05) is 13.1 Å². The van der Waals surface area contributed by atoms with E-state index in [2.05, 4.69) is 4.98 Å². The van der Waals surface area contributed by atoms with Gasteiger partial charge in [0.2, 0.25) is 0 Å². The summed E-state index contributed by atoms with van der Waals surface area (Å²) in [6, 6.07) is 6.74. The van der Waals surface area contributed by atoms with Gasteiger partial charge in [0, 0.05) is 18.5 Å². The van der Waals surface area contributed by atoms with Gasteiger partial charge in [-0.25, -0.2) is 9.78 Å². The minimum atomic E-state index is -0.787. The molecular formula is C18H20N2O4S. The smallest absolute Gasteiger partial charge is 0.339 e. The summed E-state index contributed by atoms with van der Waals surface area (Å²) in [4.78, 5) is 30.4. The number of carbonyl (C=O) groups excluding carboxylic acids is 2. The molecule has 3 rings (SSSR count). The van der Waals surface area contributed by atoms with E-state index in [1.54, 1.807) is 41.6 Å². The second-order valence-corrected chi connectivity index (χ2v) is 6.59. The highest BCUT2D eigenvalue weighted by Gasteiger charge is 2.26. The van der Waals surface area contributed by atoms with E-state index >= 15 is 0 Å². The molecule has 0 bridgehead atoms. The van der Waals surface area contributed by atoms with Gasteiger partial charge in [-0.3, -0.25) is 4.79 Å². The number of likely N-dealkylation sites (tertiary alicyclic amines) is 1. The lowest BCUT2D eigenvalue weighted by Crippen LogP contribution is -2.38. The molecule has 1 saturated heterocycles. The van der Waals surface area contributed by atoms with Gasteiger partial charge in [0.05, 0.1) is 16.8 Å². The molecule has 1 fully saturated rings. The molecule has 25 heavy (non-hydrogen) atoms. The van der Waals surface area contributed by atoms with Crippen molar-refractivity contribution in [1.29, 1.82) is 0 Å². The SMILES string of the molecule is CC(OC(=O)c1cccc(OCc2cscn2)c1)C(=O)N1CCCC1. The quantitative estimate of drug-likeness (QED) is 0.741. The summed E-state index contributed by atoms with van der Waals surface area (Å²) in [5, 5.41) is 1.91. The number of thiazole rings is 1. The molecule has 6 nitrogen and oxygen atoms in total. The van der Waals surface area contributed by atoms with Gasteiger partial charge in [0.25, 0.3) is 5.91 Å². The lowest BCUT2D eigenvalue weighted by Gasteiger charge is -2.20. The molecule has 0 N–H and O–H groups in total. The van der Waals surface area contributed by atoms with Crippen LogP contribution in [0.3, 0.4) is 0 Å². The van der Waals surface area contributed by atoms with Crippen LogP contribution in [-0.4, -0.2) is 41.0 Å². The fourth-order valence-electron chi connectivity index (χ4n) is 2.65. The van der Waals surface area contributed by atoms with Crippen LogP contribution in [0.2, 0.25) is 0 Å². The predicted octanol–water partition coefficient (Wildman–Crippen LogP) is 2.89. The number of esters is 1. The third kappa shape index (κ3) is 4.57. The van der Waals surface area contributed by atoms with E-state index in [-0.39, 0.29) is 5.91 Å². The Bertz CT molecular complexity index is 726. The van der Waals surface area contributed by atoms with E-state index in [9.17, 15) is 9.59 Å². The normalized spacial score (nSPS) is 15.0. The zero-order valence-electron chi connectivity index (χ0n) is 14.0. The first-order valence-electron chi connectivity index (χ1n) is 8.23. The van der Waals surface area contributed by atoms with Gasteiger partial charge in [-0.1, -0.05) is 6.07 Å². The maximum absolute atomic E-state index is 12.3. The van der Waals surface area contributed by atoms with Gasteiger partial charge in [-0.05, 0) is 38.0 Å². The van der Waals surface area contributed by atoms with E-state index in [1.807, 2.05) is 5.38 Å². The number of nitrogens with zero attached hydrogens (tertiary/aromatic N) is 2. The molecule has 1 aliphatic rings. The van der Waals surface area contributed by atoms with Crippen molar-refractivity contribution >= 4 is 23.2 Å². The van der Waals surface area contributed by atoms with Crippen molar-refractivity contribution in [3.63, 3.8) is 0 Å². The van der Waals surface area contributed by atoms with Gasteiger partial charge in [-0.15, -0.1) is 11.3 Å². The number of ether oxygens (including phenoxy) is 2. The van der Waals surface area contributed by atoms with Gasteiger partial charge in [0.1, 0.15) is 12.4 Å². The second kappa shape index (κ2) is 8.11. The average molecular weight is 360 g/mol. The maximum Gasteiger partial charge on any atom is 0.339 e. The molecule has 2 aromatic rings. The molecule has 0 radical (unpaired) electrons. The molecule has 1 aliphatic heterocycles. The Morgan fingerprint density at radius 1 is 1.32 bits per heavy atom. The molecule has 0 spiro atoms. The van der Waals surface area contributed by atoms with Crippen LogP contribution in [0.5, 0.6) is 5.75 Å². The van der Waals surface area contributed by atoms with E-state index < -0.39 is 12.1 Å². The Morgan fingerprint density at radius 3 is 2.84 bits per heavy atom. The van der Waals surface area contributed by atoms with Gasteiger partial charge >= 0.3 is 5.97 Å². The first-order chi connectivity index (χ1) is 12.1. The number of benzene rings is 1. The molecule has 132 valence electrons. The van der Waals surface area contributed by atoms with Crippen molar-refractivity contribution in [2.24, 2.45) is 0 Å². The van der Waals surface area contributed by atoms with Crippen molar-refractivity contribution < 1.29 is 19.1 Å². The van der Waals surface area contributed by atoms with Crippen LogP contribution >= 0.6 is 11.3 Å². The molecule has 2 heterocycles. The molecule has 7 heteroatoms. The van der Waals surface area contributed by atoms with Crippen LogP contribution in [0.1, 0.15) is 35.8 Å². The zero-order valence-corrected chi connectivity index (χ0v) is 14.8. The topological polar surface area (TPSA) is 68.7 Å². The molecule has 1 aromatic carbocycles. The second-order valence-electron chi connectivity index (χ2n) is 5.88. The van der Waals surface area contributed by atoms with E-state index in [4.69, 9.17) is 9.47 Å². The van der Waals surface area contributed by atoms with E-state index in [0.717, 1.165) is 31.6 Å². The molecule has 0 aliphatic carbocycles. The summed E-state index contributed by atoms with van der Waals surface area (Å²) < 4.78 is 11.0. The van der Waals surface area contributed by atoms with Crippen molar-refractivity contribution in [3.8, 4) is 5.75 Å². The van der Waals surface area contributed by atoms with Crippen LogP contribution in [0, 0.1) is 0 Å². The van der Waals surface area contributed by atoms with Crippen molar-refractivity contribution in [3.05, 3.63) is 46.4 Å². The first-order valence-corrected chi connectivity index (χ1v) is 9.17. The third-order valence-electron chi connectivity index (χ3n) is 3.99. The number of carbonyl (C=O) groups is 2. The number of hydrogen-bond acceptors (Lipinski definition) is 6. The standard InChI is InChI=1S/C18H20N2O4S/c1-13(17(21)20-7-2-3-8-20)24-18(22)14-5-4-6-16(9-14)23-10-15-11-25-12-19-15/h4-6,9,11-13H,2-3,7-8,10H2,1H3. The molecule has 1 unspecified atom stereocenters. The largest absolute Gasteiger partial charge is 0.487 e. The minimum absolute atomic E-state index is 0.137. The first kappa shape index (κ1) is 17.4. The summed E-state index contributed by atoms with van der Waals surface area (Å²) >= 11 is 1.50. The van der Waals surface area contributed by atoms with E-state index in [0.29, 0.717) is 17.9 Å². The Hall–Kier alpha value is -2.41. The van der Waals surface area contributed by atoms with Crippen molar-refractivity contribution in [2.45, 2.75) is 32.5 Å². The molecule has 0 saturated carbocycles. The molecule has 1 atom stereocenters. The maximum atomic E-state index is 12.3. The monoisotopic (exact) mass is 360 g/mol.